The van der Waals surface area contributed by atoms with Gasteiger partial charge in [-0.15, -0.1) is 0 Å². The lowest BCUT2D eigenvalue weighted by Crippen LogP contribution is -2.56. The lowest BCUT2D eigenvalue weighted by atomic mass is 9.99. The number of nitrogens with zero attached hydrogens (tertiary/aromatic N) is 8. The summed E-state index contributed by atoms with van der Waals surface area (Å²) in [4.78, 5) is 41.0. The van der Waals surface area contributed by atoms with Gasteiger partial charge in [-0.05, 0) is 43.8 Å². The number of benzene rings is 1. The largest absolute Gasteiger partial charge is 0.380 e. The van der Waals surface area contributed by atoms with Crippen LogP contribution in [0.3, 0.4) is 0 Å². The van der Waals surface area contributed by atoms with Crippen molar-refractivity contribution in [3.8, 4) is 11.3 Å². The van der Waals surface area contributed by atoms with Crippen LogP contribution in [-0.2, 0) is 16.0 Å². The molecule has 0 unspecified atom stereocenters. The molecule has 3 aromatic heterocycles. The van der Waals surface area contributed by atoms with E-state index in [4.69, 9.17) is 21.3 Å². The van der Waals surface area contributed by atoms with Crippen LogP contribution in [0.2, 0.25) is 0 Å². The van der Waals surface area contributed by atoms with Crippen LogP contribution in [0.25, 0.3) is 37.8 Å². The third-order valence-corrected chi connectivity index (χ3v) is 9.36. The summed E-state index contributed by atoms with van der Waals surface area (Å²) in [7, 11) is 3.81. The molecule has 5 heterocycles. The van der Waals surface area contributed by atoms with Gasteiger partial charge in [-0.3, -0.25) is 14.8 Å². The number of piperazine rings is 1. The molecule has 0 N–H and O–H groups in total. The maximum Gasteiger partial charge on any atom is 0.246 e. The number of carbonyl (C=O) groups is 1. The van der Waals surface area contributed by atoms with Crippen molar-refractivity contribution >= 4 is 33.4 Å². The number of aryl methyl sites for hydroxylation is 2. The molecule has 0 spiro atoms. The Bertz CT molecular complexity index is 1860. The average Bonchev–Trinajstić information content (AvgIpc) is 3.45. The molecule has 0 radical (unpaired) electrons. The Morgan fingerprint density at radius 2 is 2.02 bits per heavy atom. The highest BCUT2D eigenvalue weighted by molar-refractivity contribution is 6.00. The number of amides is 1. The Hall–Kier alpha value is -4.60. The number of alkyl halides is 1. The summed E-state index contributed by atoms with van der Waals surface area (Å²) < 4.78 is 35.1. The monoisotopic (exact) mass is 640 g/mol. The summed E-state index contributed by atoms with van der Waals surface area (Å²) in [6.07, 6.45) is 9.76. The van der Waals surface area contributed by atoms with Crippen molar-refractivity contribution in [2.75, 3.05) is 58.5 Å². The summed E-state index contributed by atoms with van der Waals surface area (Å²) in [5, 5.41) is 2.22. The molecule has 244 valence electrons. The maximum absolute atomic E-state index is 16.8. The van der Waals surface area contributed by atoms with Gasteiger partial charge < -0.3 is 24.3 Å². The van der Waals surface area contributed by atoms with E-state index >= 15 is 4.39 Å². The lowest BCUT2D eigenvalue weighted by Gasteiger charge is -2.39. The van der Waals surface area contributed by atoms with E-state index < -0.39 is 18.5 Å². The van der Waals surface area contributed by atoms with Crippen molar-refractivity contribution in [1.29, 1.82) is 0 Å². The first kappa shape index (κ1) is 32.3. The molecular formula is C35H38F2N8O2. The van der Waals surface area contributed by atoms with Crippen LogP contribution in [0, 0.1) is 19.3 Å². The number of aromatic nitrogens is 4. The second-order valence-electron chi connectivity index (χ2n) is 12.3. The van der Waals surface area contributed by atoms with E-state index in [1.807, 2.05) is 30.0 Å². The summed E-state index contributed by atoms with van der Waals surface area (Å²) in [5.41, 5.74) is 1.91. The molecule has 1 aromatic carbocycles. The molecule has 2 saturated heterocycles. The molecule has 2 aliphatic heterocycles. The number of rotatable bonds is 9. The van der Waals surface area contributed by atoms with Gasteiger partial charge in [-0.2, -0.15) is 0 Å². The molecule has 2 aliphatic rings. The number of hydrogen-bond donors (Lipinski definition) is 0. The number of halogens is 2. The van der Waals surface area contributed by atoms with E-state index in [0.29, 0.717) is 48.6 Å². The molecule has 2 fully saturated rings. The van der Waals surface area contributed by atoms with E-state index in [0.717, 1.165) is 35.7 Å². The quantitative estimate of drug-likeness (QED) is 0.190. The maximum atomic E-state index is 16.8. The highest BCUT2D eigenvalue weighted by Gasteiger charge is 2.34. The molecule has 1 amide bonds. The number of methoxy groups -OCH3 is 1. The van der Waals surface area contributed by atoms with Crippen molar-refractivity contribution in [2.45, 2.75) is 44.4 Å². The number of allylic oxidation sites excluding steroid dienone is 1. The predicted molar refractivity (Wildman–Crippen MR) is 177 cm³/mol. The van der Waals surface area contributed by atoms with Crippen molar-refractivity contribution < 1.29 is 18.3 Å². The number of likely N-dealkylation sites (tertiary alicyclic amines) is 1. The molecule has 4 aromatic rings. The molecule has 0 aliphatic carbocycles. The number of carbonyl (C=O) groups excluding carboxylic acids is 1. The summed E-state index contributed by atoms with van der Waals surface area (Å²) >= 11 is 0. The zero-order valence-corrected chi connectivity index (χ0v) is 26.9. The van der Waals surface area contributed by atoms with Crippen LogP contribution in [0.15, 0.2) is 48.9 Å². The number of likely N-dealkylation sites (N-methyl/N-ethyl adjacent to an activating group) is 1. The summed E-state index contributed by atoms with van der Waals surface area (Å²) in [6.45, 7) is 10.7. The van der Waals surface area contributed by atoms with Gasteiger partial charge in [-0.1, -0.05) is 18.2 Å². The molecule has 6 rings (SSSR count). The topological polar surface area (TPSA) is 91.9 Å². The Morgan fingerprint density at radius 1 is 1.17 bits per heavy atom. The summed E-state index contributed by atoms with van der Waals surface area (Å²) in [6, 6.07) is 5.70. The van der Waals surface area contributed by atoms with Gasteiger partial charge in [0.2, 0.25) is 12.5 Å². The Balaban J connectivity index is 1.42. The minimum absolute atomic E-state index is 0.0699. The first-order valence-corrected chi connectivity index (χ1v) is 15.9. The zero-order chi connectivity index (χ0) is 33.1. The Kier molecular flexibility index (Phi) is 9.66. The van der Waals surface area contributed by atoms with E-state index in [1.165, 1.54) is 12.2 Å². The second-order valence-corrected chi connectivity index (χ2v) is 12.3. The molecular weight excluding hydrogens is 602 g/mol. The fourth-order valence-corrected chi connectivity index (χ4v) is 6.90. The van der Waals surface area contributed by atoms with E-state index in [-0.39, 0.29) is 35.8 Å². The third kappa shape index (κ3) is 6.50. The van der Waals surface area contributed by atoms with Crippen molar-refractivity contribution in [1.82, 2.24) is 29.7 Å². The smallest absolute Gasteiger partial charge is 0.246 e. The highest BCUT2D eigenvalue weighted by atomic mass is 19.1. The number of fused-ring (bicyclic) bond motifs is 2. The SMILES string of the molecule is [C-]#[N+]C[C@H]1CN(c2nc(CC[C@@H]3C[C@@H](OC)CN3C)nc3c(F)c(-c4cncc5cccc(C)c45)ncc23)CCN1C(=O)/C=C/CF. The van der Waals surface area contributed by atoms with E-state index in [9.17, 15) is 9.18 Å². The van der Waals surface area contributed by atoms with Gasteiger partial charge in [0.25, 0.3) is 0 Å². The van der Waals surface area contributed by atoms with Gasteiger partial charge in [0, 0.05) is 81.4 Å². The van der Waals surface area contributed by atoms with Crippen molar-refractivity contribution in [3.63, 3.8) is 0 Å². The molecule has 3 atom stereocenters. The fraction of sp³-hybridized carbons (Fsp3) is 0.429. The lowest BCUT2D eigenvalue weighted by molar-refractivity contribution is -0.128. The fourth-order valence-electron chi connectivity index (χ4n) is 6.90. The minimum atomic E-state index is -0.743. The van der Waals surface area contributed by atoms with Crippen LogP contribution in [-0.4, -0.2) is 107 Å². The Labute approximate surface area is 272 Å². The number of anilines is 1. The number of hydrogen-bond acceptors (Lipinski definition) is 8. The highest BCUT2D eigenvalue weighted by Crippen LogP contribution is 2.35. The average molecular weight is 641 g/mol. The van der Waals surface area contributed by atoms with Crippen molar-refractivity contribution in [2.24, 2.45) is 0 Å². The number of pyridine rings is 2. The van der Waals surface area contributed by atoms with Crippen molar-refractivity contribution in [3.05, 3.63) is 77.6 Å². The van der Waals surface area contributed by atoms with Crippen LogP contribution in [0.1, 0.15) is 24.2 Å². The molecule has 12 heteroatoms. The predicted octanol–water partition coefficient (Wildman–Crippen LogP) is 4.80. The van der Waals surface area contributed by atoms with Gasteiger partial charge in [0.05, 0.1) is 11.5 Å². The first-order chi connectivity index (χ1) is 22.8. The van der Waals surface area contributed by atoms with Gasteiger partial charge in [-0.25, -0.2) is 25.3 Å². The standard InChI is InChI=1S/C35H38F2N8O2/c1-22-7-5-8-23-16-39-18-27(31(22)23)33-32(37)34-28(19-40-33)35(42-29(41-34)11-10-24-15-26(47-4)21-43(24)3)44-13-14-45(25(20-44)17-38-2)30(46)9-6-12-36/h5-9,16,18-19,24-26H,10-15,17,20-21H2,1,3-4H3/b9-6+/t24-,25+,26-/m1/s1. The van der Waals surface area contributed by atoms with Crippen LogP contribution >= 0.6 is 0 Å². The van der Waals surface area contributed by atoms with Crippen LogP contribution in [0.4, 0.5) is 14.6 Å². The minimum Gasteiger partial charge on any atom is -0.380 e. The zero-order valence-electron chi connectivity index (χ0n) is 26.9. The second kappa shape index (κ2) is 14.0. The molecule has 47 heavy (non-hydrogen) atoms. The van der Waals surface area contributed by atoms with Gasteiger partial charge in [0.1, 0.15) is 35.6 Å². The van der Waals surface area contributed by atoms with Gasteiger partial charge in [0.15, 0.2) is 5.82 Å². The summed E-state index contributed by atoms with van der Waals surface area (Å²) in [5.74, 6) is 0.142. The normalized spacial score (nSPS) is 20.5. The Morgan fingerprint density at radius 3 is 2.79 bits per heavy atom. The first-order valence-electron chi connectivity index (χ1n) is 15.9. The van der Waals surface area contributed by atoms with E-state index in [1.54, 1.807) is 30.6 Å². The van der Waals surface area contributed by atoms with Gasteiger partial charge >= 0.3 is 0 Å². The number of ether oxygens (including phenoxy) is 1. The van der Waals surface area contributed by atoms with Crippen LogP contribution in [0.5, 0.6) is 0 Å². The third-order valence-electron chi connectivity index (χ3n) is 9.36. The molecule has 0 bridgehead atoms. The van der Waals surface area contributed by atoms with Crippen LogP contribution < -0.4 is 4.90 Å². The van der Waals surface area contributed by atoms with E-state index in [2.05, 4.69) is 26.8 Å². The molecule has 0 saturated carbocycles. The molecule has 10 nitrogen and oxygen atoms in total.